The summed E-state index contributed by atoms with van der Waals surface area (Å²) in [5.41, 5.74) is 2.03. The Hall–Kier alpha value is -1.69. The Morgan fingerprint density at radius 2 is 2.09 bits per heavy atom. The van der Waals surface area contributed by atoms with Gasteiger partial charge in [0, 0.05) is 37.2 Å². The molecular formula is C17H25FN4S. The summed E-state index contributed by atoms with van der Waals surface area (Å²) >= 11 is 1.88. The summed E-state index contributed by atoms with van der Waals surface area (Å²) in [5.74, 6) is 1.82. The molecule has 0 aliphatic carbocycles. The molecule has 2 rings (SSSR count). The predicted octanol–water partition coefficient (Wildman–Crippen LogP) is 3.16. The number of hydrogen-bond donors (Lipinski definition) is 3. The summed E-state index contributed by atoms with van der Waals surface area (Å²) in [4.78, 5) is 7.35. The first-order chi connectivity index (χ1) is 11.2. The van der Waals surface area contributed by atoms with E-state index in [0.717, 1.165) is 42.8 Å². The number of guanidine groups is 1. The van der Waals surface area contributed by atoms with Gasteiger partial charge in [0.2, 0.25) is 0 Å². The molecule has 0 saturated heterocycles. The highest BCUT2D eigenvalue weighted by Gasteiger charge is 2.05. The van der Waals surface area contributed by atoms with Gasteiger partial charge in [-0.05, 0) is 55.0 Å². The average molecular weight is 336 g/mol. The van der Waals surface area contributed by atoms with Crippen LogP contribution in [0, 0.1) is 5.82 Å². The summed E-state index contributed by atoms with van der Waals surface area (Å²) in [6.07, 6.45) is 7.31. The van der Waals surface area contributed by atoms with E-state index in [9.17, 15) is 4.39 Å². The minimum atomic E-state index is -0.213. The Bertz CT molecular complexity index is 639. The molecule has 0 unspecified atom stereocenters. The lowest BCUT2D eigenvalue weighted by Crippen LogP contribution is -2.38. The predicted molar refractivity (Wildman–Crippen MR) is 98.9 cm³/mol. The molecule has 126 valence electrons. The number of aliphatic imine (C=N–C) groups is 1. The Labute approximate surface area is 141 Å². The van der Waals surface area contributed by atoms with Gasteiger partial charge in [-0.3, -0.25) is 4.99 Å². The number of fused-ring (bicyclic) bond motifs is 1. The van der Waals surface area contributed by atoms with Crippen LogP contribution in [0.3, 0.4) is 0 Å². The highest BCUT2D eigenvalue weighted by Crippen LogP contribution is 2.19. The van der Waals surface area contributed by atoms with Crippen molar-refractivity contribution >= 4 is 28.6 Å². The molecule has 6 heteroatoms. The van der Waals surface area contributed by atoms with Crippen molar-refractivity contribution in [3.63, 3.8) is 0 Å². The van der Waals surface area contributed by atoms with Crippen LogP contribution in [0.2, 0.25) is 0 Å². The summed E-state index contributed by atoms with van der Waals surface area (Å²) in [7, 11) is 1.78. The van der Waals surface area contributed by atoms with Gasteiger partial charge in [-0.15, -0.1) is 0 Å². The molecular weight excluding hydrogens is 311 g/mol. The number of thioether (sulfide) groups is 1. The Kier molecular flexibility index (Phi) is 7.26. The minimum Gasteiger partial charge on any atom is -0.361 e. The number of nitrogens with one attached hydrogen (secondary N) is 3. The molecule has 0 amide bonds. The fourth-order valence-electron chi connectivity index (χ4n) is 2.48. The third-order valence-corrected chi connectivity index (χ3v) is 4.40. The fraction of sp³-hybridized carbons (Fsp3) is 0.471. The number of rotatable bonds is 8. The highest BCUT2D eigenvalue weighted by atomic mass is 32.2. The van der Waals surface area contributed by atoms with Crippen LogP contribution < -0.4 is 10.6 Å². The van der Waals surface area contributed by atoms with Crippen molar-refractivity contribution in [2.24, 2.45) is 4.99 Å². The first-order valence-electron chi connectivity index (χ1n) is 7.93. The zero-order chi connectivity index (χ0) is 16.5. The van der Waals surface area contributed by atoms with Crippen molar-refractivity contribution in [3.8, 4) is 0 Å². The summed E-state index contributed by atoms with van der Waals surface area (Å²) < 4.78 is 13.2. The standard InChI is InChI=1S/C17H25FN4S/c1-19-17(20-8-3-4-10-23-2)21-9-7-13-12-22-16-11-14(18)5-6-15(13)16/h5-6,11-12,22H,3-4,7-10H2,1-2H3,(H2,19,20,21). The van der Waals surface area contributed by atoms with Crippen molar-refractivity contribution in [2.75, 3.05) is 32.1 Å². The molecule has 1 aromatic carbocycles. The molecule has 4 nitrogen and oxygen atoms in total. The topological polar surface area (TPSA) is 52.2 Å². The van der Waals surface area contributed by atoms with Crippen LogP contribution in [0.15, 0.2) is 29.4 Å². The van der Waals surface area contributed by atoms with Gasteiger partial charge in [-0.2, -0.15) is 11.8 Å². The quantitative estimate of drug-likeness (QED) is 0.394. The van der Waals surface area contributed by atoms with E-state index in [1.165, 1.54) is 29.9 Å². The molecule has 0 fully saturated rings. The van der Waals surface area contributed by atoms with Gasteiger partial charge in [0.15, 0.2) is 5.96 Å². The van der Waals surface area contributed by atoms with Crippen LogP contribution in [0.5, 0.6) is 0 Å². The van der Waals surface area contributed by atoms with E-state index in [4.69, 9.17) is 0 Å². The van der Waals surface area contributed by atoms with Gasteiger partial charge in [-0.25, -0.2) is 4.39 Å². The monoisotopic (exact) mass is 336 g/mol. The number of aromatic nitrogens is 1. The third kappa shape index (κ3) is 5.46. The van der Waals surface area contributed by atoms with Gasteiger partial charge < -0.3 is 15.6 Å². The maximum absolute atomic E-state index is 13.2. The zero-order valence-corrected chi connectivity index (χ0v) is 14.6. The van der Waals surface area contributed by atoms with E-state index in [-0.39, 0.29) is 5.82 Å². The zero-order valence-electron chi connectivity index (χ0n) is 13.8. The average Bonchev–Trinajstić information content (AvgIpc) is 2.95. The van der Waals surface area contributed by atoms with Crippen LogP contribution in [0.25, 0.3) is 10.9 Å². The molecule has 0 aliphatic rings. The van der Waals surface area contributed by atoms with E-state index in [1.807, 2.05) is 24.0 Å². The van der Waals surface area contributed by atoms with Crippen molar-refractivity contribution in [1.29, 1.82) is 0 Å². The lowest BCUT2D eigenvalue weighted by molar-refractivity contribution is 0.629. The lowest BCUT2D eigenvalue weighted by atomic mass is 10.1. The van der Waals surface area contributed by atoms with Crippen LogP contribution in [-0.2, 0) is 6.42 Å². The number of aromatic amines is 1. The van der Waals surface area contributed by atoms with Crippen LogP contribution in [0.1, 0.15) is 18.4 Å². The van der Waals surface area contributed by atoms with Crippen LogP contribution >= 0.6 is 11.8 Å². The highest BCUT2D eigenvalue weighted by molar-refractivity contribution is 7.98. The summed E-state index contributed by atoms with van der Waals surface area (Å²) in [5, 5.41) is 7.72. The van der Waals surface area contributed by atoms with Crippen molar-refractivity contribution in [3.05, 3.63) is 35.8 Å². The first-order valence-corrected chi connectivity index (χ1v) is 9.33. The smallest absolute Gasteiger partial charge is 0.190 e. The fourth-order valence-corrected chi connectivity index (χ4v) is 2.97. The molecule has 0 saturated carbocycles. The Morgan fingerprint density at radius 1 is 1.26 bits per heavy atom. The molecule has 0 bridgehead atoms. The maximum atomic E-state index is 13.2. The maximum Gasteiger partial charge on any atom is 0.190 e. The molecule has 1 aromatic heterocycles. The molecule has 3 N–H and O–H groups in total. The van der Waals surface area contributed by atoms with Crippen LogP contribution in [-0.4, -0.2) is 43.1 Å². The largest absolute Gasteiger partial charge is 0.361 e. The molecule has 1 heterocycles. The van der Waals surface area contributed by atoms with E-state index >= 15 is 0 Å². The molecule has 0 aliphatic heterocycles. The van der Waals surface area contributed by atoms with E-state index in [1.54, 1.807) is 7.05 Å². The minimum absolute atomic E-state index is 0.213. The first kappa shape index (κ1) is 17.7. The number of hydrogen-bond acceptors (Lipinski definition) is 2. The van der Waals surface area contributed by atoms with Gasteiger partial charge in [0.05, 0.1) is 0 Å². The van der Waals surface area contributed by atoms with Gasteiger partial charge in [-0.1, -0.05) is 0 Å². The van der Waals surface area contributed by atoms with Gasteiger partial charge in [0.25, 0.3) is 0 Å². The summed E-state index contributed by atoms with van der Waals surface area (Å²) in [6, 6.07) is 4.86. The van der Waals surface area contributed by atoms with E-state index < -0.39 is 0 Å². The van der Waals surface area contributed by atoms with E-state index in [2.05, 4.69) is 26.9 Å². The van der Waals surface area contributed by atoms with E-state index in [0.29, 0.717) is 0 Å². The SMILES string of the molecule is CN=C(NCCCCSC)NCCc1c[nH]c2cc(F)ccc12. The number of nitrogens with zero attached hydrogens (tertiary/aromatic N) is 1. The number of benzene rings is 1. The molecule has 0 atom stereocenters. The Balaban J connectivity index is 1.76. The van der Waals surface area contributed by atoms with Crippen molar-refractivity contribution in [2.45, 2.75) is 19.3 Å². The van der Waals surface area contributed by atoms with Crippen molar-refractivity contribution in [1.82, 2.24) is 15.6 Å². The molecule has 0 radical (unpaired) electrons. The third-order valence-electron chi connectivity index (χ3n) is 3.71. The molecule has 2 aromatic rings. The normalized spacial score (nSPS) is 11.9. The van der Waals surface area contributed by atoms with Crippen molar-refractivity contribution < 1.29 is 4.39 Å². The second kappa shape index (κ2) is 9.45. The second-order valence-electron chi connectivity index (χ2n) is 5.38. The number of unbranched alkanes of at least 4 members (excludes halogenated alkanes) is 1. The van der Waals surface area contributed by atoms with Gasteiger partial charge in [0.1, 0.15) is 5.82 Å². The summed E-state index contributed by atoms with van der Waals surface area (Å²) in [6.45, 7) is 1.72. The Morgan fingerprint density at radius 3 is 2.87 bits per heavy atom. The van der Waals surface area contributed by atoms with Crippen LogP contribution in [0.4, 0.5) is 4.39 Å². The lowest BCUT2D eigenvalue weighted by Gasteiger charge is -2.11. The molecule has 23 heavy (non-hydrogen) atoms. The molecule has 0 spiro atoms. The van der Waals surface area contributed by atoms with Gasteiger partial charge >= 0.3 is 0 Å². The number of H-pyrrole nitrogens is 1. The number of halogens is 1. The second-order valence-corrected chi connectivity index (χ2v) is 6.37.